The molecule has 2 fully saturated rings. The van der Waals surface area contributed by atoms with Crippen LogP contribution in [-0.2, 0) is 4.79 Å². The van der Waals surface area contributed by atoms with Gasteiger partial charge in [0, 0.05) is 37.9 Å². The van der Waals surface area contributed by atoms with E-state index in [2.05, 4.69) is 32.6 Å². The van der Waals surface area contributed by atoms with Gasteiger partial charge in [-0.25, -0.2) is 4.79 Å². The number of carbonyl (C=O) groups is 2. The van der Waals surface area contributed by atoms with E-state index >= 15 is 0 Å². The van der Waals surface area contributed by atoms with Gasteiger partial charge in [0.25, 0.3) is 0 Å². The van der Waals surface area contributed by atoms with Gasteiger partial charge in [0.2, 0.25) is 5.91 Å². The molecule has 1 saturated heterocycles. The summed E-state index contributed by atoms with van der Waals surface area (Å²) >= 11 is 0. The van der Waals surface area contributed by atoms with E-state index in [1.54, 1.807) is 0 Å². The fourth-order valence-corrected chi connectivity index (χ4v) is 2.84. The topological polar surface area (TPSA) is 64.7 Å². The van der Waals surface area contributed by atoms with Gasteiger partial charge in [-0.3, -0.25) is 15.0 Å². The van der Waals surface area contributed by atoms with Crippen LogP contribution in [-0.4, -0.2) is 55.1 Å². The van der Waals surface area contributed by atoms with Crippen LogP contribution in [0.3, 0.4) is 0 Å². The van der Waals surface area contributed by atoms with Gasteiger partial charge >= 0.3 is 6.03 Å². The second-order valence-electron chi connectivity index (χ2n) is 6.27. The van der Waals surface area contributed by atoms with Crippen molar-refractivity contribution in [2.24, 2.45) is 0 Å². The van der Waals surface area contributed by atoms with Gasteiger partial charge in [0.15, 0.2) is 0 Å². The first-order valence-electron chi connectivity index (χ1n) is 8.29. The van der Waals surface area contributed by atoms with E-state index in [-0.39, 0.29) is 24.0 Å². The lowest BCUT2D eigenvalue weighted by molar-refractivity contribution is -0.124. The molecule has 2 N–H and O–H groups in total. The summed E-state index contributed by atoms with van der Waals surface area (Å²) < 4.78 is 0. The van der Waals surface area contributed by atoms with Crippen LogP contribution >= 0.6 is 0 Å². The number of hydrogen-bond acceptors (Lipinski definition) is 4. The van der Waals surface area contributed by atoms with Crippen LogP contribution < -0.4 is 15.5 Å². The predicted molar refractivity (Wildman–Crippen MR) is 89.4 cm³/mol. The Balaban J connectivity index is 1.46. The van der Waals surface area contributed by atoms with Crippen molar-refractivity contribution in [2.75, 3.05) is 31.1 Å². The van der Waals surface area contributed by atoms with Gasteiger partial charge < -0.3 is 10.2 Å². The fraction of sp³-hybridized carbons (Fsp3) is 0.529. The van der Waals surface area contributed by atoms with E-state index in [0.29, 0.717) is 0 Å². The number of benzene rings is 1. The summed E-state index contributed by atoms with van der Waals surface area (Å²) in [6, 6.07) is 9.89. The Kier molecular flexibility index (Phi) is 4.81. The van der Waals surface area contributed by atoms with Crippen molar-refractivity contribution < 1.29 is 9.59 Å². The molecule has 23 heavy (non-hydrogen) atoms. The molecule has 2 aliphatic rings. The molecule has 0 bridgehead atoms. The molecule has 0 unspecified atom stereocenters. The minimum absolute atomic E-state index is 0.226. The van der Waals surface area contributed by atoms with E-state index in [0.717, 1.165) is 39.0 Å². The van der Waals surface area contributed by atoms with Crippen LogP contribution in [0, 0.1) is 0 Å². The highest BCUT2D eigenvalue weighted by molar-refractivity contribution is 5.97. The molecule has 1 aromatic carbocycles. The van der Waals surface area contributed by atoms with Gasteiger partial charge in [-0.05, 0) is 31.9 Å². The van der Waals surface area contributed by atoms with Crippen molar-refractivity contribution in [3.05, 3.63) is 30.3 Å². The van der Waals surface area contributed by atoms with Crippen molar-refractivity contribution >= 4 is 17.6 Å². The summed E-state index contributed by atoms with van der Waals surface area (Å²) in [5, 5.41) is 5.22. The summed E-state index contributed by atoms with van der Waals surface area (Å²) in [4.78, 5) is 28.3. The lowest BCUT2D eigenvalue weighted by Gasteiger charge is -2.38. The Morgan fingerprint density at radius 1 is 1.09 bits per heavy atom. The van der Waals surface area contributed by atoms with Crippen LogP contribution in [0.1, 0.15) is 19.8 Å². The van der Waals surface area contributed by atoms with Crippen molar-refractivity contribution in [2.45, 2.75) is 31.8 Å². The number of carbonyl (C=O) groups excluding carboxylic acids is 2. The van der Waals surface area contributed by atoms with E-state index in [9.17, 15) is 9.59 Å². The first kappa shape index (κ1) is 15.8. The Hall–Kier alpha value is -2.08. The normalized spacial score (nSPS) is 20.0. The summed E-state index contributed by atoms with van der Waals surface area (Å²) in [5.41, 5.74) is 1.22. The number of urea groups is 1. The molecule has 1 aromatic rings. The lowest BCUT2D eigenvalue weighted by atomic mass is 10.2. The molecule has 0 radical (unpaired) electrons. The number of nitrogens with zero attached hydrogens (tertiary/aromatic N) is 2. The minimum atomic E-state index is -0.368. The molecule has 3 rings (SSSR count). The maximum atomic E-state index is 12.2. The van der Waals surface area contributed by atoms with Crippen molar-refractivity contribution in [1.29, 1.82) is 0 Å². The van der Waals surface area contributed by atoms with Crippen molar-refractivity contribution in [3.63, 3.8) is 0 Å². The molecule has 0 aromatic heterocycles. The van der Waals surface area contributed by atoms with E-state index in [1.165, 1.54) is 5.69 Å². The van der Waals surface area contributed by atoms with Crippen LogP contribution in [0.4, 0.5) is 10.5 Å². The van der Waals surface area contributed by atoms with E-state index in [4.69, 9.17) is 0 Å². The Morgan fingerprint density at radius 2 is 1.74 bits per heavy atom. The van der Waals surface area contributed by atoms with Gasteiger partial charge in [-0.15, -0.1) is 0 Å². The molecule has 1 aliphatic heterocycles. The third-order valence-corrected chi connectivity index (χ3v) is 4.51. The number of anilines is 1. The number of rotatable bonds is 4. The van der Waals surface area contributed by atoms with Gasteiger partial charge in [0.05, 0.1) is 6.04 Å². The first-order chi connectivity index (χ1) is 11.1. The van der Waals surface area contributed by atoms with E-state index in [1.807, 2.05) is 25.1 Å². The van der Waals surface area contributed by atoms with Crippen LogP contribution in [0.5, 0.6) is 0 Å². The molecule has 6 nitrogen and oxygen atoms in total. The summed E-state index contributed by atoms with van der Waals surface area (Å²) in [5.74, 6) is -0.226. The Labute approximate surface area is 136 Å². The van der Waals surface area contributed by atoms with Crippen LogP contribution in [0.15, 0.2) is 30.3 Å². The second-order valence-corrected chi connectivity index (χ2v) is 6.27. The zero-order valence-electron chi connectivity index (χ0n) is 13.5. The molecule has 124 valence electrons. The molecular formula is C17H24N4O2. The average molecular weight is 316 g/mol. The predicted octanol–water partition coefficient (Wildman–Crippen LogP) is 1.19. The third-order valence-electron chi connectivity index (χ3n) is 4.51. The number of para-hydroxylation sites is 1. The maximum Gasteiger partial charge on any atom is 0.321 e. The van der Waals surface area contributed by atoms with Gasteiger partial charge in [0.1, 0.15) is 0 Å². The fourth-order valence-electron chi connectivity index (χ4n) is 2.84. The smallest absolute Gasteiger partial charge is 0.321 e. The maximum absolute atomic E-state index is 12.2. The molecule has 1 heterocycles. The van der Waals surface area contributed by atoms with Gasteiger partial charge in [-0.2, -0.15) is 0 Å². The largest absolute Gasteiger partial charge is 0.369 e. The van der Waals surface area contributed by atoms with E-state index < -0.39 is 0 Å². The van der Waals surface area contributed by atoms with Crippen molar-refractivity contribution in [3.8, 4) is 0 Å². The van der Waals surface area contributed by atoms with Crippen LogP contribution in [0.2, 0.25) is 0 Å². The Morgan fingerprint density at radius 3 is 2.35 bits per heavy atom. The monoisotopic (exact) mass is 316 g/mol. The number of imide groups is 1. The third kappa shape index (κ3) is 4.22. The summed E-state index contributed by atoms with van der Waals surface area (Å²) in [7, 11) is 0. The highest BCUT2D eigenvalue weighted by Gasteiger charge is 2.28. The summed E-state index contributed by atoms with van der Waals surface area (Å²) in [6.07, 6.45) is 2.03. The molecule has 1 saturated carbocycles. The van der Waals surface area contributed by atoms with Gasteiger partial charge in [-0.1, -0.05) is 18.2 Å². The second kappa shape index (κ2) is 7.00. The molecule has 1 atom stereocenters. The van der Waals surface area contributed by atoms with Crippen molar-refractivity contribution in [1.82, 2.24) is 15.5 Å². The molecule has 6 heteroatoms. The SMILES string of the molecule is C[C@@H](C(=O)NC(=O)NC1CC1)N1CCN(c2ccccc2)CC1. The molecule has 1 aliphatic carbocycles. The highest BCUT2D eigenvalue weighted by Crippen LogP contribution is 2.18. The number of hydrogen-bond donors (Lipinski definition) is 2. The number of nitrogens with one attached hydrogen (secondary N) is 2. The number of amides is 3. The summed E-state index contributed by atoms with van der Waals surface area (Å²) in [6.45, 7) is 5.26. The molecule has 0 spiro atoms. The van der Waals surface area contributed by atoms with Crippen LogP contribution in [0.25, 0.3) is 0 Å². The molecule has 3 amide bonds. The Bertz CT molecular complexity index is 551. The minimum Gasteiger partial charge on any atom is -0.369 e. The first-order valence-corrected chi connectivity index (χ1v) is 8.29. The quantitative estimate of drug-likeness (QED) is 0.876. The lowest BCUT2D eigenvalue weighted by Crippen LogP contribution is -2.55. The average Bonchev–Trinajstić information content (AvgIpc) is 3.39. The zero-order valence-corrected chi connectivity index (χ0v) is 13.5. The number of piperazine rings is 1. The standard InChI is InChI=1S/C17H24N4O2/c1-13(16(22)19-17(23)18-14-7-8-14)20-9-11-21(12-10-20)15-5-3-2-4-6-15/h2-6,13-14H,7-12H2,1H3,(H2,18,19,22,23)/t13-/m0/s1. The molecular weight excluding hydrogens is 292 g/mol. The highest BCUT2D eigenvalue weighted by atomic mass is 16.2. The zero-order chi connectivity index (χ0) is 16.2.